The molecule has 1 aliphatic heterocycles. The Kier molecular flexibility index (Phi) is 2.21. The van der Waals surface area contributed by atoms with Crippen LogP contribution in [0.1, 0.15) is 12.8 Å². The number of imidazole rings is 1. The molecule has 1 N–H and O–H groups in total. The molecule has 84 valence electrons. The van der Waals surface area contributed by atoms with Crippen LogP contribution in [0.5, 0.6) is 0 Å². The van der Waals surface area contributed by atoms with Crippen molar-refractivity contribution in [1.82, 2.24) is 19.5 Å². The Labute approximate surface area is 91.3 Å². The van der Waals surface area contributed by atoms with Gasteiger partial charge in [0.2, 0.25) is 0 Å². The molecule has 16 heavy (non-hydrogen) atoms. The summed E-state index contributed by atoms with van der Waals surface area (Å²) in [6.07, 6.45) is 5.43. The molecular formula is C10H12N4O2. The molecule has 1 unspecified atom stereocenters. The average molecular weight is 220 g/mol. The number of nitrogens with zero attached hydrogens (tertiary/aromatic N) is 3. The number of hydrogen-bond donors (Lipinski definition) is 1. The maximum absolute atomic E-state index is 11.4. The van der Waals surface area contributed by atoms with Gasteiger partial charge in [-0.25, -0.2) is 9.97 Å². The van der Waals surface area contributed by atoms with Gasteiger partial charge in [0, 0.05) is 6.61 Å². The first kappa shape index (κ1) is 9.53. The number of ether oxygens (including phenoxy) is 1. The van der Waals surface area contributed by atoms with Crippen molar-refractivity contribution >= 4 is 11.2 Å². The van der Waals surface area contributed by atoms with Gasteiger partial charge in [-0.2, -0.15) is 0 Å². The second-order valence-corrected chi connectivity index (χ2v) is 3.94. The Bertz CT molecular complexity index is 553. The first-order chi connectivity index (χ1) is 7.84. The Hall–Kier alpha value is -1.69. The minimum Gasteiger partial charge on any atom is -0.376 e. The third-order valence-corrected chi connectivity index (χ3v) is 2.83. The Morgan fingerprint density at radius 1 is 1.56 bits per heavy atom. The average Bonchev–Trinajstić information content (AvgIpc) is 2.90. The first-order valence-corrected chi connectivity index (χ1v) is 5.35. The highest BCUT2D eigenvalue weighted by Gasteiger charge is 2.17. The predicted molar refractivity (Wildman–Crippen MR) is 57.1 cm³/mol. The third-order valence-electron chi connectivity index (χ3n) is 2.83. The van der Waals surface area contributed by atoms with Crippen LogP contribution in [0.25, 0.3) is 11.2 Å². The molecule has 0 aliphatic carbocycles. The molecule has 0 amide bonds. The summed E-state index contributed by atoms with van der Waals surface area (Å²) in [6.45, 7) is 1.54. The highest BCUT2D eigenvalue weighted by molar-refractivity contribution is 5.68. The van der Waals surface area contributed by atoms with Gasteiger partial charge in [0.1, 0.15) is 0 Å². The zero-order valence-corrected chi connectivity index (χ0v) is 8.72. The molecule has 1 fully saturated rings. The summed E-state index contributed by atoms with van der Waals surface area (Å²) in [5.74, 6) is 0. The maximum atomic E-state index is 11.4. The summed E-state index contributed by atoms with van der Waals surface area (Å²) in [5, 5.41) is 0. The molecule has 2 aromatic rings. The van der Waals surface area contributed by atoms with Crippen molar-refractivity contribution in [3.05, 3.63) is 23.0 Å². The number of hydrogen-bond acceptors (Lipinski definition) is 4. The lowest BCUT2D eigenvalue weighted by Crippen LogP contribution is -2.15. The van der Waals surface area contributed by atoms with E-state index >= 15 is 0 Å². The molecule has 6 heteroatoms. The Balaban J connectivity index is 1.97. The molecule has 1 saturated heterocycles. The van der Waals surface area contributed by atoms with E-state index in [1.165, 1.54) is 6.33 Å². The summed E-state index contributed by atoms with van der Waals surface area (Å²) >= 11 is 0. The minimum atomic E-state index is -0.198. The van der Waals surface area contributed by atoms with Crippen molar-refractivity contribution in [3.8, 4) is 0 Å². The molecule has 0 saturated carbocycles. The minimum absolute atomic E-state index is 0.198. The van der Waals surface area contributed by atoms with Crippen LogP contribution in [0.15, 0.2) is 17.4 Å². The number of fused-ring (bicyclic) bond motifs is 1. The fraction of sp³-hybridized carbons (Fsp3) is 0.500. The molecule has 3 rings (SSSR count). The smallest absolute Gasteiger partial charge is 0.278 e. The zero-order chi connectivity index (χ0) is 11.0. The summed E-state index contributed by atoms with van der Waals surface area (Å²) in [4.78, 5) is 22.1. The molecule has 1 atom stereocenters. The van der Waals surface area contributed by atoms with Crippen molar-refractivity contribution in [2.75, 3.05) is 6.61 Å². The van der Waals surface area contributed by atoms with Gasteiger partial charge in [-0.1, -0.05) is 0 Å². The SMILES string of the molecule is O=c1[nH]cnc2c1ncn2CC1CCCO1. The van der Waals surface area contributed by atoms with E-state index in [1.807, 2.05) is 4.57 Å². The van der Waals surface area contributed by atoms with Gasteiger partial charge < -0.3 is 14.3 Å². The lowest BCUT2D eigenvalue weighted by Gasteiger charge is -2.09. The lowest BCUT2D eigenvalue weighted by atomic mass is 10.2. The summed E-state index contributed by atoms with van der Waals surface area (Å²) in [6, 6.07) is 0. The standard InChI is InChI=1S/C10H12N4O2/c15-10-8-9(11-5-12-10)14(6-13-8)4-7-2-1-3-16-7/h5-7H,1-4H2,(H,11,12,15). The fourth-order valence-corrected chi connectivity index (χ4v) is 2.03. The van der Waals surface area contributed by atoms with Crippen molar-refractivity contribution in [2.24, 2.45) is 0 Å². The molecule has 6 nitrogen and oxygen atoms in total. The van der Waals surface area contributed by atoms with Crippen molar-refractivity contribution in [1.29, 1.82) is 0 Å². The van der Waals surface area contributed by atoms with Crippen LogP contribution in [0, 0.1) is 0 Å². The van der Waals surface area contributed by atoms with Crippen LogP contribution in [0.3, 0.4) is 0 Å². The van der Waals surface area contributed by atoms with Gasteiger partial charge in [0.25, 0.3) is 5.56 Å². The molecule has 0 spiro atoms. The van der Waals surface area contributed by atoms with Gasteiger partial charge in [-0.3, -0.25) is 4.79 Å². The number of aromatic amines is 1. The van der Waals surface area contributed by atoms with Crippen LogP contribution in [0.4, 0.5) is 0 Å². The molecule has 0 bridgehead atoms. The topological polar surface area (TPSA) is 72.8 Å². The van der Waals surface area contributed by atoms with E-state index in [0.29, 0.717) is 17.7 Å². The zero-order valence-electron chi connectivity index (χ0n) is 8.72. The second-order valence-electron chi connectivity index (χ2n) is 3.94. The quantitative estimate of drug-likeness (QED) is 0.790. The van der Waals surface area contributed by atoms with Gasteiger partial charge in [-0.05, 0) is 12.8 Å². The van der Waals surface area contributed by atoms with Crippen molar-refractivity contribution in [3.63, 3.8) is 0 Å². The molecule has 2 aromatic heterocycles. The van der Waals surface area contributed by atoms with Crippen molar-refractivity contribution in [2.45, 2.75) is 25.5 Å². The molecule has 0 radical (unpaired) electrons. The predicted octanol–water partition coefficient (Wildman–Crippen LogP) is 0.299. The maximum Gasteiger partial charge on any atom is 0.278 e. The number of nitrogens with one attached hydrogen (secondary N) is 1. The van der Waals surface area contributed by atoms with Crippen LogP contribution in [-0.4, -0.2) is 32.2 Å². The molecule has 3 heterocycles. The van der Waals surface area contributed by atoms with E-state index in [1.54, 1.807) is 6.33 Å². The monoisotopic (exact) mass is 220 g/mol. The summed E-state index contributed by atoms with van der Waals surface area (Å²) in [5.41, 5.74) is 0.816. The van der Waals surface area contributed by atoms with Gasteiger partial charge in [0.15, 0.2) is 11.2 Å². The van der Waals surface area contributed by atoms with E-state index in [2.05, 4.69) is 15.0 Å². The second kappa shape index (κ2) is 3.71. The Morgan fingerprint density at radius 2 is 2.50 bits per heavy atom. The third kappa shape index (κ3) is 1.51. The van der Waals surface area contributed by atoms with Crippen LogP contribution >= 0.6 is 0 Å². The summed E-state index contributed by atoms with van der Waals surface area (Å²) in [7, 11) is 0. The number of H-pyrrole nitrogens is 1. The van der Waals surface area contributed by atoms with E-state index < -0.39 is 0 Å². The lowest BCUT2D eigenvalue weighted by molar-refractivity contribution is 0.0978. The molecule has 0 aromatic carbocycles. The van der Waals surface area contributed by atoms with Gasteiger partial charge in [0.05, 0.1) is 25.3 Å². The highest BCUT2D eigenvalue weighted by Crippen LogP contribution is 2.15. The normalized spacial score (nSPS) is 20.6. The first-order valence-electron chi connectivity index (χ1n) is 5.35. The largest absolute Gasteiger partial charge is 0.376 e. The molecule has 1 aliphatic rings. The fourth-order valence-electron chi connectivity index (χ4n) is 2.03. The van der Waals surface area contributed by atoms with Crippen LogP contribution in [-0.2, 0) is 11.3 Å². The van der Waals surface area contributed by atoms with Crippen molar-refractivity contribution < 1.29 is 4.74 Å². The van der Waals surface area contributed by atoms with Gasteiger partial charge in [-0.15, -0.1) is 0 Å². The van der Waals surface area contributed by atoms with Crippen LogP contribution in [0.2, 0.25) is 0 Å². The number of rotatable bonds is 2. The number of aromatic nitrogens is 4. The van der Waals surface area contributed by atoms with E-state index in [-0.39, 0.29) is 11.7 Å². The van der Waals surface area contributed by atoms with E-state index in [0.717, 1.165) is 19.4 Å². The van der Waals surface area contributed by atoms with E-state index in [9.17, 15) is 4.79 Å². The summed E-state index contributed by atoms with van der Waals surface area (Å²) < 4.78 is 7.42. The van der Waals surface area contributed by atoms with E-state index in [4.69, 9.17) is 4.74 Å². The molecular weight excluding hydrogens is 208 g/mol. The van der Waals surface area contributed by atoms with Crippen LogP contribution < -0.4 is 5.56 Å². The van der Waals surface area contributed by atoms with Gasteiger partial charge >= 0.3 is 0 Å². The highest BCUT2D eigenvalue weighted by atomic mass is 16.5. The Morgan fingerprint density at radius 3 is 3.31 bits per heavy atom.